The molecule has 5 aliphatic carbocycles. The molecule has 5 rings (SSSR count). The minimum Gasteiger partial charge on any atom is -0.393 e. The lowest BCUT2D eigenvalue weighted by Gasteiger charge is -2.58. The summed E-state index contributed by atoms with van der Waals surface area (Å²) in [6, 6.07) is 0. The van der Waals surface area contributed by atoms with Crippen molar-refractivity contribution in [3.63, 3.8) is 0 Å². The smallest absolute Gasteiger partial charge is 0.0577 e. The van der Waals surface area contributed by atoms with E-state index in [0.717, 1.165) is 54.3 Å². The van der Waals surface area contributed by atoms with Gasteiger partial charge in [0.25, 0.3) is 0 Å². The van der Waals surface area contributed by atoms with Crippen LogP contribution >= 0.6 is 0 Å². The van der Waals surface area contributed by atoms with E-state index in [4.69, 9.17) is 0 Å². The van der Waals surface area contributed by atoms with Crippen LogP contribution in [-0.4, -0.2) is 11.2 Å². The van der Waals surface area contributed by atoms with Crippen LogP contribution in [0.5, 0.6) is 0 Å². The summed E-state index contributed by atoms with van der Waals surface area (Å²) in [4.78, 5) is 0. The molecule has 0 aromatic heterocycles. The molecule has 1 heteroatoms. The third-order valence-electron chi connectivity index (χ3n) is 12.6. The van der Waals surface area contributed by atoms with Crippen molar-refractivity contribution in [2.75, 3.05) is 0 Å². The third kappa shape index (κ3) is 3.33. The Morgan fingerprint density at radius 3 is 2.45 bits per heavy atom. The van der Waals surface area contributed by atoms with Gasteiger partial charge in [0.1, 0.15) is 0 Å². The number of hydrogen-bond donors (Lipinski definition) is 1. The Labute approximate surface area is 192 Å². The molecule has 0 bridgehead atoms. The van der Waals surface area contributed by atoms with Gasteiger partial charge >= 0.3 is 0 Å². The van der Waals surface area contributed by atoms with Crippen molar-refractivity contribution in [2.45, 2.75) is 118 Å². The summed E-state index contributed by atoms with van der Waals surface area (Å²) in [5.41, 5.74) is 3.27. The van der Waals surface area contributed by atoms with Crippen LogP contribution in [0.25, 0.3) is 0 Å². The van der Waals surface area contributed by atoms with Gasteiger partial charge in [-0.2, -0.15) is 0 Å². The quantitative estimate of drug-likeness (QED) is 0.441. The van der Waals surface area contributed by atoms with E-state index in [9.17, 15) is 5.11 Å². The predicted molar refractivity (Wildman–Crippen MR) is 131 cm³/mol. The molecule has 0 aromatic rings. The van der Waals surface area contributed by atoms with Gasteiger partial charge in [-0.3, -0.25) is 0 Å². The molecule has 1 nitrogen and oxygen atoms in total. The Morgan fingerprint density at radius 1 is 1.03 bits per heavy atom. The van der Waals surface area contributed by atoms with Crippen molar-refractivity contribution in [2.24, 2.45) is 57.7 Å². The van der Waals surface area contributed by atoms with Crippen LogP contribution in [0, 0.1) is 57.7 Å². The molecule has 1 N–H and O–H groups in total. The molecule has 176 valence electrons. The van der Waals surface area contributed by atoms with E-state index in [1.807, 2.05) is 0 Å². The van der Waals surface area contributed by atoms with E-state index in [1.54, 1.807) is 5.57 Å². The van der Waals surface area contributed by atoms with Crippen molar-refractivity contribution < 1.29 is 5.11 Å². The SMILES string of the molecule is CC(C)C1(CC[C@@H](C)[C@H]2CC[C@H]3C4CC=C5C[C@@H](O)CC[C@]5(C)C4CC[C@]23C)CC1C. The molecule has 0 spiro atoms. The van der Waals surface area contributed by atoms with Gasteiger partial charge in [0.05, 0.1) is 6.10 Å². The summed E-state index contributed by atoms with van der Waals surface area (Å²) < 4.78 is 0. The number of aliphatic hydroxyl groups excluding tert-OH is 1. The summed E-state index contributed by atoms with van der Waals surface area (Å²) in [6.07, 6.45) is 17.3. The number of aliphatic hydroxyl groups is 1. The Balaban J connectivity index is 1.30. The summed E-state index contributed by atoms with van der Waals surface area (Å²) in [5, 5.41) is 10.3. The maximum atomic E-state index is 10.3. The molecule has 0 aliphatic heterocycles. The predicted octanol–water partition coefficient (Wildman–Crippen LogP) is 8.02. The Bertz CT molecular complexity index is 722. The first-order valence-corrected chi connectivity index (χ1v) is 14.0. The van der Waals surface area contributed by atoms with Crippen molar-refractivity contribution >= 4 is 0 Å². The Kier molecular flexibility index (Phi) is 5.52. The van der Waals surface area contributed by atoms with Crippen LogP contribution in [0.2, 0.25) is 0 Å². The second-order valence-electron chi connectivity index (χ2n) is 13.9. The minimum atomic E-state index is -0.0789. The van der Waals surface area contributed by atoms with Crippen molar-refractivity contribution in [3.8, 4) is 0 Å². The van der Waals surface area contributed by atoms with Crippen molar-refractivity contribution in [1.29, 1.82) is 0 Å². The zero-order valence-corrected chi connectivity index (χ0v) is 21.4. The number of rotatable bonds is 5. The normalized spacial score (nSPS) is 52.2. The average Bonchev–Trinajstić information content (AvgIpc) is 3.25. The van der Waals surface area contributed by atoms with Gasteiger partial charge < -0.3 is 5.11 Å². The largest absolute Gasteiger partial charge is 0.393 e. The molecular formula is C30H50O. The fourth-order valence-electron chi connectivity index (χ4n) is 10.3. The highest BCUT2D eigenvalue weighted by molar-refractivity contribution is 5.25. The zero-order valence-electron chi connectivity index (χ0n) is 21.4. The molecule has 0 aromatic carbocycles. The lowest BCUT2D eigenvalue weighted by atomic mass is 9.47. The minimum absolute atomic E-state index is 0.0789. The van der Waals surface area contributed by atoms with Gasteiger partial charge in [-0.05, 0) is 128 Å². The summed E-state index contributed by atoms with van der Waals surface area (Å²) in [6.45, 7) is 15.3. The molecule has 0 amide bonds. The Hall–Kier alpha value is -0.300. The fraction of sp³-hybridized carbons (Fsp3) is 0.933. The summed E-state index contributed by atoms with van der Waals surface area (Å²) in [5.74, 6) is 6.39. The summed E-state index contributed by atoms with van der Waals surface area (Å²) in [7, 11) is 0. The van der Waals surface area contributed by atoms with Gasteiger partial charge in [-0.25, -0.2) is 0 Å². The fourth-order valence-corrected chi connectivity index (χ4v) is 10.3. The highest BCUT2D eigenvalue weighted by Crippen LogP contribution is 2.68. The lowest BCUT2D eigenvalue weighted by Crippen LogP contribution is -2.50. The molecular weight excluding hydrogens is 376 g/mol. The molecule has 0 heterocycles. The second-order valence-corrected chi connectivity index (χ2v) is 13.9. The lowest BCUT2D eigenvalue weighted by molar-refractivity contribution is -0.0576. The molecule has 0 saturated heterocycles. The van der Waals surface area contributed by atoms with Gasteiger partial charge in [0.2, 0.25) is 0 Å². The summed E-state index contributed by atoms with van der Waals surface area (Å²) >= 11 is 0. The van der Waals surface area contributed by atoms with E-state index >= 15 is 0 Å². The zero-order chi connectivity index (χ0) is 22.2. The molecule has 5 aliphatic rings. The van der Waals surface area contributed by atoms with Gasteiger partial charge in [-0.15, -0.1) is 0 Å². The molecule has 10 atom stereocenters. The monoisotopic (exact) mass is 426 g/mol. The van der Waals surface area contributed by atoms with Gasteiger partial charge in [0, 0.05) is 0 Å². The highest BCUT2D eigenvalue weighted by Gasteiger charge is 2.59. The molecule has 0 radical (unpaired) electrons. The van der Waals surface area contributed by atoms with Crippen molar-refractivity contribution in [3.05, 3.63) is 11.6 Å². The van der Waals surface area contributed by atoms with E-state index < -0.39 is 0 Å². The van der Waals surface area contributed by atoms with E-state index in [1.165, 1.54) is 57.8 Å². The van der Waals surface area contributed by atoms with Crippen LogP contribution < -0.4 is 0 Å². The first kappa shape index (κ1) is 22.5. The topological polar surface area (TPSA) is 20.2 Å². The van der Waals surface area contributed by atoms with Gasteiger partial charge in [-0.1, -0.05) is 53.2 Å². The van der Waals surface area contributed by atoms with E-state index in [-0.39, 0.29) is 6.10 Å². The van der Waals surface area contributed by atoms with Crippen LogP contribution in [0.1, 0.15) is 112 Å². The van der Waals surface area contributed by atoms with E-state index in [0.29, 0.717) is 16.2 Å². The van der Waals surface area contributed by atoms with E-state index in [2.05, 4.69) is 47.6 Å². The van der Waals surface area contributed by atoms with Crippen molar-refractivity contribution in [1.82, 2.24) is 0 Å². The number of allylic oxidation sites excluding steroid dienone is 1. The molecule has 4 fully saturated rings. The maximum absolute atomic E-state index is 10.3. The maximum Gasteiger partial charge on any atom is 0.0577 e. The van der Waals surface area contributed by atoms with Crippen LogP contribution in [-0.2, 0) is 0 Å². The number of fused-ring (bicyclic) bond motifs is 5. The molecule has 31 heavy (non-hydrogen) atoms. The standard InChI is InChI=1S/C30H50O/c1-19(2)30(18-21(30)4)16-11-20(3)25-9-10-26-24-8-7-22-17-23(31)12-14-28(22,5)27(24)13-15-29(25,26)6/h7,19-21,23-27,31H,8-18H2,1-6H3/t20-,21?,23+,24?,25-,26+,27?,28+,29-,30?/m1/s1. The molecule has 4 saturated carbocycles. The average molecular weight is 427 g/mol. The van der Waals surface area contributed by atoms with Crippen LogP contribution in [0.3, 0.4) is 0 Å². The third-order valence-corrected chi connectivity index (χ3v) is 12.6. The molecule has 4 unspecified atom stereocenters. The Morgan fingerprint density at radius 2 is 1.77 bits per heavy atom. The number of hydrogen-bond acceptors (Lipinski definition) is 1. The van der Waals surface area contributed by atoms with Crippen LogP contribution in [0.4, 0.5) is 0 Å². The highest BCUT2D eigenvalue weighted by atomic mass is 16.3. The second kappa shape index (κ2) is 7.61. The van der Waals surface area contributed by atoms with Gasteiger partial charge in [0.15, 0.2) is 0 Å². The first-order chi connectivity index (χ1) is 14.6. The van der Waals surface area contributed by atoms with Crippen LogP contribution in [0.15, 0.2) is 11.6 Å². The first-order valence-electron chi connectivity index (χ1n) is 14.0.